The molecule has 0 atom stereocenters. The van der Waals surface area contributed by atoms with Gasteiger partial charge < -0.3 is 55.5 Å². The van der Waals surface area contributed by atoms with Crippen molar-refractivity contribution in [2.24, 2.45) is 0 Å². The summed E-state index contributed by atoms with van der Waals surface area (Å²) in [5, 5.41) is 0. The molecule has 0 unspecified atom stereocenters. The summed E-state index contributed by atoms with van der Waals surface area (Å²) in [6.07, 6.45) is 5.11. The van der Waals surface area contributed by atoms with Crippen molar-refractivity contribution in [2.45, 2.75) is 261 Å². The molecule has 0 amide bonds. The Kier molecular flexibility index (Phi) is 76.3. The predicted molar refractivity (Wildman–Crippen MR) is 362 cm³/mol. The first-order valence-electron chi connectivity index (χ1n) is 24.8. The van der Waals surface area contributed by atoms with Crippen LogP contribution < -0.4 is 0 Å². The van der Waals surface area contributed by atoms with E-state index in [2.05, 4.69) is 236 Å². The SMILES string of the molecule is C1CCOC1.C1CCOC1.C[Si](C)(C)[P-][Si](C)(C)C.C[Si](C)(C)[P-][Si](C)(C)C.C[Si](C)(C)[P-][Si](C)(C)C.C[Si](C)(C)[P-][Si](C)(C)C.C[Si](C)(C)[P-][Si](C)(C)C.C[Si](C)(C)[P-][Si](C)(C)C.[Ag+].[Ag+].[Ag+].[Ag+].[Ag+].[Ag+]. The van der Waals surface area contributed by atoms with Crippen molar-refractivity contribution in [3.63, 3.8) is 0 Å². The molecule has 2 saturated heterocycles. The van der Waals surface area contributed by atoms with E-state index in [1.54, 1.807) is 0 Å². The molecular weight excluding hydrogens is 1730 g/mol. The second-order valence-corrected chi connectivity index (χ2v) is 147. The molecule has 0 radical (unpaired) electrons. The van der Waals surface area contributed by atoms with Crippen LogP contribution in [0.15, 0.2) is 0 Å². The average molecular weight is 1860 g/mol. The van der Waals surface area contributed by atoms with Crippen LogP contribution in [0.2, 0.25) is 236 Å². The second kappa shape index (κ2) is 49.6. The number of ether oxygens (including phenoxy) is 2. The normalized spacial score (nSPS) is 14.2. The fraction of sp³-hybridized carbons (Fsp3) is 1.00. The Bertz CT molecular complexity index is 829. The van der Waals surface area contributed by atoms with E-state index in [0.717, 1.165) is 26.4 Å². The Morgan fingerprint density at radius 3 is 0.257 bits per heavy atom. The Balaban J connectivity index is -0.0000000546. The third kappa shape index (κ3) is 147. The molecule has 2 rings (SSSR count). The van der Waals surface area contributed by atoms with E-state index in [9.17, 15) is 0 Å². The zero-order chi connectivity index (χ0) is 53.3. The molecule has 0 aliphatic carbocycles. The first-order chi connectivity index (χ1) is 27.2. The largest absolute Gasteiger partial charge is 1.00 e. The minimum atomic E-state index is -0.759. The molecule has 0 N–H and O–H groups in total. The van der Waals surface area contributed by atoms with Crippen LogP contribution >= 0.6 is 46.1 Å². The van der Waals surface area contributed by atoms with Gasteiger partial charge in [0, 0.05) is 26.4 Å². The van der Waals surface area contributed by atoms with Crippen LogP contribution in [-0.4, -0.2) is 119 Å². The van der Waals surface area contributed by atoms with Gasteiger partial charge in [0.2, 0.25) is 0 Å². The summed E-state index contributed by atoms with van der Waals surface area (Å²) in [6, 6.07) is 0. The van der Waals surface area contributed by atoms with Crippen LogP contribution in [0.1, 0.15) is 25.7 Å². The molecule has 2 aliphatic rings. The summed E-state index contributed by atoms with van der Waals surface area (Å²) in [5.74, 6) is 0. The first kappa shape index (κ1) is 108. The Labute approximate surface area is 562 Å². The number of rotatable bonds is 12. The summed E-state index contributed by atoms with van der Waals surface area (Å²) in [4.78, 5) is 0. The summed E-state index contributed by atoms with van der Waals surface area (Å²) < 4.78 is 9.89. The maximum Gasteiger partial charge on any atom is 1.00 e. The van der Waals surface area contributed by atoms with Crippen LogP contribution in [0.3, 0.4) is 0 Å². The fourth-order valence-electron chi connectivity index (χ4n) is 7.06. The van der Waals surface area contributed by atoms with Crippen molar-refractivity contribution in [3.05, 3.63) is 0 Å². The standard InChI is InChI=1S/6C6H18PSi2.2C4H8O.6Ag/c6*1-8(2,3)7-9(4,5)6;2*1-2-4-5-3-1;;;;;;/h6*1-6H3;2*1-4H2;;;;;;/q6*-1;;;6*+1. The van der Waals surface area contributed by atoms with Gasteiger partial charge in [-0.05, 0) is 25.7 Å². The Morgan fingerprint density at radius 2 is 0.243 bits per heavy atom. The zero-order valence-electron chi connectivity index (χ0n) is 53.0. The van der Waals surface area contributed by atoms with E-state index < -0.39 is 92.9 Å². The van der Waals surface area contributed by atoms with Crippen molar-refractivity contribution in [1.82, 2.24) is 0 Å². The van der Waals surface area contributed by atoms with Crippen molar-refractivity contribution in [3.8, 4) is 0 Å². The summed E-state index contributed by atoms with van der Waals surface area (Å²) in [5.41, 5.74) is 0. The third-order valence-corrected chi connectivity index (χ3v) is 110. The van der Waals surface area contributed by atoms with Crippen molar-refractivity contribution < 1.29 is 144 Å². The molecule has 0 bridgehead atoms. The molecule has 0 spiro atoms. The third-order valence-electron chi connectivity index (χ3n) is 5.68. The molecule has 2 nitrogen and oxygen atoms in total. The van der Waals surface area contributed by atoms with E-state index >= 15 is 0 Å². The van der Waals surface area contributed by atoms with E-state index in [4.69, 9.17) is 9.47 Å². The summed E-state index contributed by atoms with van der Waals surface area (Å²) in [6.45, 7) is 92.2. The molecule has 0 saturated carbocycles. The van der Waals surface area contributed by atoms with Crippen LogP contribution in [0.4, 0.5) is 0 Å². The molecular formula is C44H124Ag6O2P6Si12. The minimum Gasteiger partial charge on any atom is -0.542 e. The quantitative estimate of drug-likeness (QED) is 0.143. The van der Waals surface area contributed by atoms with Crippen molar-refractivity contribution in [1.29, 1.82) is 0 Å². The van der Waals surface area contributed by atoms with Gasteiger partial charge >= 0.3 is 134 Å². The van der Waals surface area contributed by atoms with Crippen molar-refractivity contribution >= 4 is 139 Å². The Hall–Kier alpha value is 9.54. The van der Waals surface area contributed by atoms with E-state index in [-0.39, 0.29) is 134 Å². The molecule has 0 aromatic carbocycles. The molecule has 2 fully saturated rings. The maximum absolute atomic E-state index is 4.94. The van der Waals surface area contributed by atoms with Crippen molar-refractivity contribution in [2.75, 3.05) is 26.4 Å². The summed E-state index contributed by atoms with van der Waals surface area (Å²) in [7, 11) is 1.76. The van der Waals surface area contributed by atoms with Gasteiger partial charge in [0.15, 0.2) is 0 Å². The molecule has 0 aromatic heterocycles. The summed E-state index contributed by atoms with van der Waals surface area (Å²) >= 11 is 0. The van der Waals surface area contributed by atoms with Crippen LogP contribution in [0.5, 0.6) is 0 Å². The van der Waals surface area contributed by atoms with Gasteiger partial charge in [-0.1, -0.05) is 236 Å². The van der Waals surface area contributed by atoms with Gasteiger partial charge in [0.1, 0.15) is 0 Å². The monoisotopic (exact) mass is 1850 g/mol. The molecule has 0 aromatic rings. The molecule has 2 aliphatic heterocycles. The van der Waals surface area contributed by atoms with Gasteiger partial charge in [-0.3, -0.25) is 0 Å². The van der Waals surface area contributed by atoms with Gasteiger partial charge in [0.05, 0.1) is 0 Å². The van der Waals surface area contributed by atoms with E-state index in [1.807, 2.05) is 46.1 Å². The van der Waals surface area contributed by atoms with Gasteiger partial charge in [-0.25, -0.2) is 0 Å². The second-order valence-electron chi connectivity index (χ2n) is 29.4. The number of hydrogen-bond donors (Lipinski definition) is 0. The van der Waals surface area contributed by atoms with E-state index in [1.165, 1.54) is 25.7 Å². The minimum absolute atomic E-state index is 0. The number of hydrogen-bond acceptors (Lipinski definition) is 2. The topological polar surface area (TPSA) is 18.5 Å². The van der Waals surface area contributed by atoms with Crippen LogP contribution in [-0.2, 0) is 144 Å². The average Bonchev–Trinajstić information content (AvgIpc) is 3.57. The van der Waals surface area contributed by atoms with Crippen LogP contribution in [0, 0.1) is 0 Å². The molecule has 2 heterocycles. The first-order valence-corrected chi connectivity index (χ1v) is 82.3. The predicted octanol–water partition coefficient (Wildman–Crippen LogP) is 23.2. The van der Waals surface area contributed by atoms with Gasteiger partial charge in [-0.15, -0.1) is 92.9 Å². The fourth-order valence-corrected chi connectivity index (χ4v) is 164. The van der Waals surface area contributed by atoms with E-state index in [0.29, 0.717) is 0 Å². The maximum atomic E-state index is 4.94. The molecule has 456 valence electrons. The smallest absolute Gasteiger partial charge is 0.542 e. The zero-order valence-corrected chi connectivity index (χ0v) is 79.2. The van der Waals surface area contributed by atoms with Gasteiger partial charge in [0.25, 0.3) is 0 Å². The molecule has 70 heavy (non-hydrogen) atoms. The Morgan fingerprint density at radius 1 is 0.171 bits per heavy atom. The van der Waals surface area contributed by atoms with Gasteiger partial charge in [-0.2, -0.15) is 0 Å². The van der Waals surface area contributed by atoms with Crippen LogP contribution in [0.25, 0.3) is 0 Å². The molecule has 26 heteroatoms.